The van der Waals surface area contributed by atoms with Crippen LogP contribution in [0, 0.1) is 0 Å². The van der Waals surface area contributed by atoms with Crippen LogP contribution in [0.25, 0.3) is 23.0 Å². The van der Waals surface area contributed by atoms with E-state index in [2.05, 4.69) is 6.92 Å². The zero-order chi connectivity index (χ0) is 28.8. The van der Waals surface area contributed by atoms with Crippen LogP contribution in [0.5, 0.6) is 17.2 Å². The van der Waals surface area contributed by atoms with E-state index in [1.165, 1.54) is 11.8 Å². The van der Waals surface area contributed by atoms with Crippen LogP contribution in [-0.2, 0) is 11.2 Å². The van der Waals surface area contributed by atoms with Crippen LogP contribution in [0.1, 0.15) is 24.5 Å². The third-order valence-corrected chi connectivity index (χ3v) is 7.95. The molecule has 0 spiro atoms. The van der Waals surface area contributed by atoms with E-state index < -0.39 is 0 Å². The third kappa shape index (κ3) is 6.47. The highest BCUT2D eigenvalue weighted by Gasteiger charge is 2.32. The molecule has 2 heterocycles. The lowest BCUT2D eigenvalue weighted by molar-refractivity contribution is -0.122. The maximum Gasteiger partial charge on any atom is 0.266 e. The number of aromatic nitrogens is 2. The monoisotopic (exact) mass is 585 g/mol. The number of methoxy groups -OCH3 is 2. The van der Waals surface area contributed by atoms with Gasteiger partial charge in [0.05, 0.1) is 31.4 Å². The number of carbonyl (C=O) groups excluding carboxylic acids is 1. The molecule has 9 heteroatoms. The normalized spacial score (nSPS) is 14.1. The number of hydrogen-bond donors (Lipinski definition) is 0. The molecule has 7 nitrogen and oxygen atoms in total. The van der Waals surface area contributed by atoms with Crippen molar-refractivity contribution in [3.05, 3.63) is 95.0 Å². The van der Waals surface area contributed by atoms with Gasteiger partial charge >= 0.3 is 0 Å². The topological polar surface area (TPSA) is 65.8 Å². The fraction of sp³-hybridized carbons (Fsp3) is 0.219. The van der Waals surface area contributed by atoms with Crippen molar-refractivity contribution in [2.24, 2.45) is 0 Å². The molecule has 1 amide bonds. The number of rotatable bonds is 11. The Bertz CT molecular complexity index is 1580. The van der Waals surface area contributed by atoms with E-state index in [1.54, 1.807) is 19.1 Å². The molecule has 4 aromatic rings. The molecule has 0 saturated carbocycles. The Morgan fingerprint density at radius 3 is 2.54 bits per heavy atom. The van der Waals surface area contributed by atoms with Crippen molar-refractivity contribution in [3.63, 3.8) is 0 Å². The van der Waals surface area contributed by atoms with Crippen LogP contribution < -0.4 is 14.2 Å². The highest BCUT2D eigenvalue weighted by molar-refractivity contribution is 8.26. The molecule has 1 aromatic heterocycles. The molecule has 0 atom stereocenters. The summed E-state index contributed by atoms with van der Waals surface area (Å²) in [6, 6.07) is 23.6. The van der Waals surface area contributed by atoms with E-state index in [1.807, 2.05) is 89.8 Å². The van der Waals surface area contributed by atoms with Crippen molar-refractivity contribution < 1.29 is 19.0 Å². The zero-order valence-corrected chi connectivity index (χ0v) is 24.8. The number of thioether (sulfide) groups is 1. The van der Waals surface area contributed by atoms with E-state index in [0.29, 0.717) is 40.3 Å². The van der Waals surface area contributed by atoms with E-state index in [9.17, 15) is 4.79 Å². The number of para-hydroxylation sites is 1. The summed E-state index contributed by atoms with van der Waals surface area (Å²) in [5.74, 6) is 1.99. The van der Waals surface area contributed by atoms with Crippen molar-refractivity contribution in [1.29, 1.82) is 0 Å². The molecule has 1 aliphatic rings. The summed E-state index contributed by atoms with van der Waals surface area (Å²) < 4.78 is 19.0. The molecular formula is C32H31N3O4S2. The fourth-order valence-corrected chi connectivity index (χ4v) is 5.79. The number of thiocarbonyl (C=S) groups is 1. The Labute approximate surface area is 249 Å². The summed E-state index contributed by atoms with van der Waals surface area (Å²) in [5.41, 5.74) is 4.43. The smallest absolute Gasteiger partial charge is 0.266 e. The van der Waals surface area contributed by atoms with Gasteiger partial charge in [0.15, 0.2) is 11.5 Å². The maximum atomic E-state index is 13.5. The second kappa shape index (κ2) is 13.1. The van der Waals surface area contributed by atoms with Gasteiger partial charge in [-0.25, -0.2) is 4.68 Å². The van der Waals surface area contributed by atoms with Gasteiger partial charge in [0.1, 0.15) is 15.8 Å². The Hall–Kier alpha value is -4.08. The quantitative estimate of drug-likeness (QED) is 0.142. The van der Waals surface area contributed by atoms with Gasteiger partial charge in [-0.05, 0) is 60.9 Å². The van der Waals surface area contributed by atoms with Crippen molar-refractivity contribution >= 4 is 40.3 Å². The molecule has 1 aliphatic heterocycles. The zero-order valence-electron chi connectivity index (χ0n) is 23.2. The Morgan fingerprint density at radius 2 is 1.78 bits per heavy atom. The van der Waals surface area contributed by atoms with Crippen LogP contribution in [0.2, 0.25) is 0 Å². The molecule has 210 valence electrons. The minimum atomic E-state index is -0.112. The third-order valence-electron chi connectivity index (χ3n) is 6.58. The van der Waals surface area contributed by atoms with Gasteiger partial charge in [-0.2, -0.15) is 5.10 Å². The van der Waals surface area contributed by atoms with Gasteiger partial charge in [-0.1, -0.05) is 67.3 Å². The van der Waals surface area contributed by atoms with Crippen LogP contribution in [0.4, 0.5) is 0 Å². The lowest BCUT2D eigenvalue weighted by atomic mass is 10.1. The highest BCUT2D eigenvalue weighted by Crippen LogP contribution is 2.36. The molecule has 5 rings (SSSR count). The van der Waals surface area contributed by atoms with Crippen LogP contribution in [-0.4, -0.2) is 52.3 Å². The first kappa shape index (κ1) is 28.4. The number of carbonyl (C=O) groups is 1. The van der Waals surface area contributed by atoms with Gasteiger partial charge in [-0.3, -0.25) is 9.69 Å². The van der Waals surface area contributed by atoms with Crippen LogP contribution >= 0.6 is 24.0 Å². The molecule has 0 unspecified atom stereocenters. The molecule has 0 radical (unpaired) electrons. The van der Waals surface area contributed by atoms with Gasteiger partial charge in [0.25, 0.3) is 5.91 Å². The number of hydrogen-bond acceptors (Lipinski definition) is 7. The molecule has 0 bridgehead atoms. The first-order chi connectivity index (χ1) is 20.0. The minimum Gasteiger partial charge on any atom is -0.494 e. The van der Waals surface area contributed by atoms with Gasteiger partial charge in [0.2, 0.25) is 0 Å². The second-order valence-corrected chi connectivity index (χ2v) is 11.0. The molecule has 0 N–H and O–H groups in total. The summed E-state index contributed by atoms with van der Waals surface area (Å²) in [6.45, 7) is 3.18. The average molecular weight is 586 g/mol. The first-order valence-electron chi connectivity index (χ1n) is 13.3. The predicted octanol–water partition coefficient (Wildman–Crippen LogP) is 6.79. The Balaban J connectivity index is 1.43. The number of nitrogens with zero attached hydrogens (tertiary/aromatic N) is 3. The summed E-state index contributed by atoms with van der Waals surface area (Å²) >= 11 is 6.94. The van der Waals surface area contributed by atoms with E-state index in [4.69, 9.17) is 31.5 Å². The molecule has 1 saturated heterocycles. The lowest BCUT2D eigenvalue weighted by Gasteiger charge is -2.15. The summed E-state index contributed by atoms with van der Waals surface area (Å²) in [6.07, 6.45) is 5.38. The summed E-state index contributed by atoms with van der Waals surface area (Å²) in [5, 5.41) is 4.91. The molecule has 1 fully saturated rings. The van der Waals surface area contributed by atoms with Crippen LogP contribution in [0.15, 0.2) is 83.9 Å². The van der Waals surface area contributed by atoms with Crippen LogP contribution in [0.3, 0.4) is 0 Å². The number of ether oxygens (including phenoxy) is 3. The van der Waals surface area contributed by atoms with E-state index in [-0.39, 0.29) is 5.91 Å². The van der Waals surface area contributed by atoms with Gasteiger partial charge in [0, 0.05) is 23.9 Å². The van der Waals surface area contributed by atoms with E-state index >= 15 is 0 Å². The molecule has 0 aliphatic carbocycles. The standard InChI is InChI=1S/C32H31N3O4S2/c1-4-17-39-26-12-8-9-23(19-26)30-24(21-35(33-30)25-10-6-5-7-11-25)20-29-31(36)34(32(40)41-29)16-15-22-13-14-27(37-2)28(18-22)38-3/h5-14,18-21H,4,15-17H2,1-3H3/b29-20-. The molecule has 41 heavy (non-hydrogen) atoms. The molecular weight excluding hydrogens is 555 g/mol. The predicted molar refractivity (Wildman–Crippen MR) is 168 cm³/mol. The number of amides is 1. The minimum absolute atomic E-state index is 0.112. The fourth-order valence-electron chi connectivity index (χ4n) is 4.49. The second-order valence-electron chi connectivity index (χ2n) is 9.36. The summed E-state index contributed by atoms with van der Waals surface area (Å²) in [7, 11) is 3.22. The lowest BCUT2D eigenvalue weighted by Crippen LogP contribution is -2.30. The SMILES string of the molecule is CCCOc1cccc(-c2nn(-c3ccccc3)cc2/C=C2\SC(=S)N(CCc3ccc(OC)c(OC)c3)C2=O)c1. The van der Waals surface area contributed by atoms with Crippen molar-refractivity contribution in [3.8, 4) is 34.2 Å². The average Bonchev–Trinajstić information content (AvgIpc) is 3.55. The van der Waals surface area contributed by atoms with Gasteiger partial charge in [-0.15, -0.1) is 0 Å². The Morgan fingerprint density at radius 1 is 0.976 bits per heavy atom. The maximum absolute atomic E-state index is 13.5. The van der Waals surface area contributed by atoms with E-state index in [0.717, 1.165) is 40.2 Å². The largest absolute Gasteiger partial charge is 0.494 e. The Kier molecular flexibility index (Phi) is 9.06. The highest BCUT2D eigenvalue weighted by atomic mass is 32.2. The van der Waals surface area contributed by atoms with Crippen molar-refractivity contribution in [2.45, 2.75) is 19.8 Å². The van der Waals surface area contributed by atoms with Gasteiger partial charge < -0.3 is 14.2 Å². The first-order valence-corrected chi connectivity index (χ1v) is 14.6. The van der Waals surface area contributed by atoms with Crippen molar-refractivity contribution in [2.75, 3.05) is 27.4 Å². The summed E-state index contributed by atoms with van der Waals surface area (Å²) in [4.78, 5) is 15.7. The molecule has 3 aromatic carbocycles. The number of benzene rings is 3. The van der Waals surface area contributed by atoms with Crippen molar-refractivity contribution in [1.82, 2.24) is 14.7 Å².